The third-order valence-electron chi connectivity index (χ3n) is 4.33. The Hall–Kier alpha value is -1.62. The Kier molecular flexibility index (Phi) is 6.33. The van der Waals surface area contributed by atoms with E-state index in [2.05, 4.69) is 25.6 Å². The fourth-order valence-electron chi connectivity index (χ4n) is 3.01. The van der Waals surface area contributed by atoms with Gasteiger partial charge in [0.25, 0.3) is 0 Å². The molecule has 1 aliphatic heterocycles. The Morgan fingerprint density at radius 2 is 1.64 bits per heavy atom. The molecule has 1 fully saturated rings. The molecule has 3 rings (SSSR count). The summed E-state index contributed by atoms with van der Waals surface area (Å²) >= 11 is 3.04. The third kappa shape index (κ3) is 5.25. The standard InChI is InChI=1S/C18H18BrF3N2O3S/c19-15-6-7-17(16(12-15)27-18(20,21)22)28(25,26)24-10-8-23(9-11-24)13-14-4-2-1-3-5-14/h1-7,12H,8-11,13H2. The molecule has 0 atom stereocenters. The van der Waals surface area contributed by atoms with Crippen LogP contribution in [0.25, 0.3) is 0 Å². The van der Waals surface area contributed by atoms with Crippen molar-refractivity contribution in [3.8, 4) is 5.75 Å². The average molecular weight is 479 g/mol. The van der Waals surface area contributed by atoms with Crippen molar-refractivity contribution in [2.24, 2.45) is 0 Å². The maximum atomic E-state index is 12.9. The number of hydrogen-bond donors (Lipinski definition) is 0. The van der Waals surface area contributed by atoms with Crippen molar-refractivity contribution in [2.45, 2.75) is 17.8 Å². The molecule has 0 aliphatic carbocycles. The van der Waals surface area contributed by atoms with Gasteiger partial charge in [-0.2, -0.15) is 4.31 Å². The first-order valence-electron chi connectivity index (χ1n) is 8.47. The van der Waals surface area contributed by atoms with Crippen molar-refractivity contribution in [3.05, 3.63) is 58.6 Å². The zero-order chi connectivity index (χ0) is 20.4. The van der Waals surface area contributed by atoms with Crippen LogP contribution in [-0.4, -0.2) is 50.2 Å². The largest absolute Gasteiger partial charge is 0.573 e. The van der Waals surface area contributed by atoms with Gasteiger partial charge in [0.05, 0.1) is 0 Å². The van der Waals surface area contributed by atoms with Gasteiger partial charge in [0.2, 0.25) is 10.0 Å². The quantitative estimate of drug-likeness (QED) is 0.654. The van der Waals surface area contributed by atoms with E-state index in [1.54, 1.807) is 0 Å². The molecular formula is C18H18BrF3N2O3S. The van der Waals surface area contributed by atoms with Gasteiger partial charge in [-0.25, -0.2) is 8.42 Å². The van der Waals surface area contributed by atoms with Crippen LogP contribution in [0.1, 0.15) is 5.56 Å². The summed E-state index contributed by atoms with van der Waals surface area (Å²) in [7, 11) is -4.12. The highest BCUT2D eigenvalue weighted by atomic mass is 79.9. The normalized spacial score (nSPS) is 16.9. The van der Waals surface area contributed by atoms with Crippen LogP contribution in [0.3, 0.4) is 0 Å². The van der Waals surface area contributed by atoms with E-state index in [1.807, 2.05) is 30.3 Å². The molecule has 2 aromatic carbocycles. The predicted molar refractivity (Wildman–Crippen MR) is 101 cm³/mol. The SMILES string of the molecule is O=S(=O)(c1ccc(Br)cc1OC(F)(F)F)N1CCN(Cc2ccccc2)CC1. The Balaban J connectivity index is 1.74. The highest BCUT2D eigenvalue weighted by Gasteiger charge is 2.36. The molecule has 0 spiro atoms. The lowest BCUT2D eigenvalue weighted by atomic mass is 10.2. The van der Waals surface area contributed by atoms with Crippen LogP contribution in [0.15, 0.2) is 57.9 Å². The number of alkyl halides is 3. The molecule has 0 radical (unpaired) electrons. The molecule has 152 valence electrons. The molecule has 5 nitrogen and oxygen atoms in total. The summed E-state index contributed by atoms with van der Waals surface area (Å²) in [4.78, 5) is 1.61. The van der Waals surface area contributed by atoms with E-state index >= 15 is 0 Å². The number of halogens is 4. The van der Waals surface area contributed by atoms with Crippen molar-refractivity contribution in [1.29, 1.82) is 0 Å². The minimum atomic E-state index is -4.99. The molecule has 0 N–H and O–H groups in total. The molecule has 1 saturated heterocycles. The fourth-order valence-corrected chi connectivity index (χ4v) is 4.87. The molecular weight excluding hydrogens is 461 g/mol. The average Bonchev–Trinajstić information content (AvgIpc) is 2.61. The highest BCUT2D eigenvalue weighted by Crippen LogP contribution is 2.34. The molecule has 0 unspecified atom stereocenters. The summed E-state index contributed by atoms with van der Waals surface area (Å²) in [5.41, 5.74) is 1.12. The van der Waals surface area contributed by atoms with Gasteiger partial charge >= 0.3 is 6.36 Å². The van der Waals surface area contributed by atoms with E-state index in [-0.39, 0.29) is 13.1 Å². The van der Waals surface area contributed by atoms with E-state index in [0.29, 0.717) is 24.1 Å². The molecule has 10 heteroatoms. The summed E-state index contributed by atoms with van der Waals surface area (Å²) in [5, 5.41) is 0. The lowest BCUT2D eigenvalue weighted by Crippen LogP contribution is -2.48. The van der Waals surface area contributed by atoms with Crippen LogP contribution in [0.2, 0.25) is 0 Å². The number of sulfonamides is 1. The summed E-state index contributed by atoms with van der Waals surface area (Å²) in [5.74, 6) is -0.742. The van der Waals surface area contributed by atoms with Gasteiger partial charge in [0, 0.05) is 37.2 Å². The number of hydrogen-bond acceptors (Lipinski definition) is 4. The second-order valence-electron chi connectivity index (χ2n) is 6.30. The number of rotatable bonds is 5. The number of benzene rings is 2. The van der Waals surface area contributed by atoms with Gasteiger partial charge in [0.15, 0.2) is 5.75 Å². The second-order valence-corrected chi connectivity index (χ2v) is 9.13. The molecule has 1 heterocycles. The molecule has 0 bridgehead atoms. The van der Waals surface area contributed by atoms with Gasteiger partial charge in [-0.1, -0.05) is 46.3 Å². The smallest absolute Gasteiger partial charge is 0.404 e. The van der Waals surface area contributed by atoms with Crippen molar-refractivity contribution < 1.29 is 26.3 Å². The van der Waals surface area contributed by atoms with Crippen LogP contribution in [-0.2, 0) is 16.6 Å². The van der Waals surface area contributed by atoms with Crippen molar-refractivity contribution in [1.82, 2.24) is 9.21 Å². The lowest BCUT2D eigenvalue weighted by molar-refractivity contribution is -0.275. The number of ether oxygens (including phenoxy) is 1. The maximum absolute atomic E-state index is 12.9. The van der Waals surface area contributed by atoms with Gasteiger partial charge in [0.1, 0.15) is 4.90 Å². The zero-order valence-corrected chi connectivity index (χ0v) is 17.1. The predicted octanol–water partition coefficient (Wildman–Crippen LogP) is 3.85. The van der Waals surface area contributed by atoms with Crippen LogP contribution in [0, 0.1) is 0 Å². The highest BCUT2D eigenvalue weighted by molar-refractivity contribution is 9.10. The Bertz CT molecular complexity index is 915. The summed E-state index contributed by atoms with van der Waals surface area (Å²) in [6.07, 6.45) is -4.99. The molecule has 0 amide bonds. The monoisotopic (exact) mass is 478 g/mol. The summed E-state index contributed by atoms with van der Waals surface area (Å²) in [6.45, 7) is 2.04. The first-order chi connectivity index (χ1) is 13.1. The molecule has 1 aliphatic rings. The maximum Gasteiger partial charge on any atom is 0.573 e. The topological polar surface area (TPSA) is 49.9 Å². The van der Waals surface area contributed by atoms with Crippen LogP contribution in [0.5, 0.6) is 5.75 Å². The summed E-state index contributed by atoms with van der Waals surface area (Å²) in [6, 6.07) is 13.3. The van der Waals surface area contributed by atoms with E-state index in [9.17, 15) is 21.6 Å². The Morgan fingerprint density at radius 3 is 2.25 bits per heavy atom. The molecule has 0 saturated carbocycles. The van der Waals surface area contributed by atoms with Gasteiger partial charge in [-0.3, -0.25) is 4.90 Å². The first kappa shape index (κ1) is 21.1. The van der Waals surface area contributed by atoms with E-state index < -0.39 is 27.0 Å². The van der Waals surface area contributed by atoms with Gasteiger partial charge < -0.3 is 4.74 Å². The first-order valence-corrected chi connectivity index (χ1v) is 10.7. The molecule has 28 heavy (non-hydrogen) atoms. The Morgan fingerprint density at radius 1 is 1.00 bits per heavy atom. The van der Waals surface area contributed by atoms with Crippen LogP contribution in [0.4, 0.5) is 13.2 Å². The number of nitrogens with zero attached hydrogens (tertiary/aromatic N) is 2. The van der Waals surface area contributed by atoms with Crippen LogP contribution < -0.4 is 4.74 Å². The lowest BCUT2D eigenvalue weighted by Gasteiger charge is -2.34. The summed E-state index contributed by atoms with van der Waals surface area (Å²) < 4.78 is 69.3. The van der Waals surface area contributed by atoms with Crippen molar-refractivity contribution >= 4 is 26.0 Å². The van der Waals surface area contributed by atoms with E-state index in [4.69, 9.17) is 0 Å². The second kappa shape index (κ2) is 8.40. The third-order valence-corrected chi connectivity index (χ3v) is 6.76. The van der Waals surface area contributed by atoms with Crippen molar-refractivity contribution in [3.63, 3.8) is 0 Å². The van der Waals surface area contributed by atoms with E-state index in [0.717, 1.165) is 17.7 Å². The molecule has 0 aromatic heterocycles. The number of piperazine rings is 1. The van der Waals surface area contributed by atoms with Gasteiger partial charge in [-0.05, 0) is 23.8 Å². The van der Waals surface area contributed by atoms with Crippen LogP contribution >= 0.6 is 15.9 Å². The van der Waals surface area contributed by atoms with E-state index in [1.165, 1.54) is 10.4 Å². The Labute approximate surface area is 169 Å². The molecule has 2 aromatic rings. The minimum Gasteiger partial charge on any atom is -0.404 e. The minimum absolute atomic E-state index is 0.191. The zero-order valence-electron chi connectivity index (χ0n) is 14.7. The van der Waals surface area contributed by atoms with Crippen molar-refractivity contribution in [2.75, 3.05) is 26.2 Å². The van der Waals surface area contributed by atoms with Gasteiger partial charge in [-0.15, -0.1) is 13.2 Å². The fraction of sp³-hybridized carbons (Fsp3) is 0.333.